The molecule has 5 rings (SSSR count). The number of likely N-dealkylation sites (tertiary alicyclic amines) is 1. The van der Waals surface area contributed by atoms with Crippen LogP contribution in [0.5, 0.6) is 5.75 Å². The predicted molar refractivity (Wildman–Crippen MR) is 165 cm³/mol. The van der Waals surface area contributed by atoms with Crippen molar-refractivity contribution in [1.29, 1.82) is 0 Å². The van der Waals surface area contributed by atoms with E-state index < -0.39 is 35.1 Å². The van der Waals surface area contributed by atoms with Crippen molar-refractivity contribution in [3.8, 4) is 5.75 Å². The second kappa shape index (κ2) is 11.6. The Morgan fingerprint density at radius 3 is 2.33 bits per heavy atom. The first-order chi connectivity index (χ1) is 20.4. The summed E-state index contributed by atoms with van der Waals surface area (Å²) in [5.74, 6) is -1.93. The molecule has 2 aromatic rings. The number of para-hydroxylation sites is 1. The number of benzene rings is 2. The van der Waals surface area contributed by atoms with Gasteiger partial charge in [-0.2, -0.15) is 0 Å². The van der Waals surface area contributed by atoms with Crippen LogP contribution < -0.4 is 15.4 Å². The van der Waals surface area contributed by atoms with Gasteiger partial charge in [-0.25, -0.2) is 0 Å². The molecule has 43 heavy (non-hydrogen) atoms. The van der Waals surface area contributed by atoms with Gasteiger partial charge >= 0.3 is 0 Å². The van der Waals surface area contributed by atoms with E-state index in [1.807, 2.05) is 66.7 Å². The van der Waals surface area contributed by atoms with Crippen molar-refractivity contribution in [2.45, 2.75) is 84.6 Å². The van der Waals surface area contributed by atoms with Crippen LogP contribution in [0.4, 0.5) is 11.4 Å². The molecule has 3 saturated heterocycles. The standard InChI is InChI=1S/C34H45N3O6/c1-8-42-25-14-12-23(13-15-25)35-30(39)26-27-32(41)37(24(18-38)16-19(2)3)29(34(27)17-22(6)33(26,7)43-34)31(40)36-28-20(4)10-9-11-21(28)5/h9-15,19,22,24,26-27,29,38H,8,16-18H2,1-7H3,(H,35,39)(H,36,40)/t22?,24-,26-,27+,29?,33+,34?/m1/s1. The molecule has 232 valence electrons. The summed E-state index contributed by atoms with van der Waals surface area (Å²) < 4.78 is 12.4. The monoisotopic (exact) mass is 591 g/mol. The molecule has 3 amide bonds. The topological polar surface area (TPSA) is 117 Å². The number of amides is 3. The minimum atomic E-state index is -1.21. The van der Waals surface area contributed by atoms with Gasteiger partial charge in [0.15, 0.2) is 0 Å². The zero-order valence-corrected chi connectivity index (χ0v) is 26.3. The number of nitrogens with zero attached hydrogens (tertiary/aromatic N) is 1. The van der Waals surface area contributed by atoms with Gasteiger partial charge in [0, 0.05) is 11.4 Å². The van der Waals surface area contributed by atoms with Gasteiger partial charge in [-0.15, -0.1) is 0 Å². The predicted octanol–water partition coefficient (Wildman–Crippen LogP) is 4.70. The highest BCUT2D eigenvalue weighted by molar-refractivity contribution is 6.06. The van der Waals surface area contributed by atoms with E-state index in [1.54, 1.807) is 29.2 Å². The van der Waals surface area contributed by atoms with E-state index in [2.05, 4.69) is 10.6 Å². The number of ether oxygens (including phenoxy) is 2. The molecule has 0 saturated carbocycles. The van der Waals surface area contributed by atoms with Crippen LogP contribution in [0.1, 0.15) is 58.6 Å². The number of anilines is 2. The van der Waals surface area contributed by atoms with Crippen LogP contribution in [-0.2, 0) is 19.1 Å². The number of carbonyl (C=O) groups is 3. The normalized spacial score (nSPS) is 30.0. The highest BCUT2D eigenvalue weighted by Crippen LogP contribution is 2.65. The van der Waals surface area contributed by atoms with Gasteiger partial charge in [-0.05, 0) is 87.8 Å². The van der Waals surface area contributed by atoms with E-state index in [4.69, 9.17) is 9.47 Å². The number of fused-ring (bicyclic) bond motifs is 1. The maximum Gasteiger partial charge on any atom is 0.250 e. The average molecular weight is 592 g/mol. The van der Waals surface area contributed by atoms with Gasteiger partial charge in [-0.3, -0.25) is 14.4 Å². The van der Waals surface area contributed by atoms with Crippen molar-refractivity contribution in [2.24, 2.45) is 23.7 Å². The Morgan fingerprint density at radius 1 is 1.09 bits per heavy atom. The maximum atomic E-state index is 14.5. The molecule has 3 fully saturated rings. The second-order valence-electron chi connectivity index (χ2n) is 13.1. The minimum absolute atomic E-state index is 0.0965. The first-order valence-corrected chi connectivity index (χ1v) is 15.4. The molecule has 0 radical (unpaired) electrons. The van der Waals surface area contributed by atoms with Gasteiger partial charge in [0.05, 0.1) is 36.7 Å². The van der Waals surface area contributed by atoms with Gasteiger partial charge in [-0.1, -0.05) is 39.0 Å². The lowest BCUT2D eigenvalue weighted by Gasteiger charge is -2.37. The Balaban J connectivity index is 1.55. The molecule has 2 bridgehead atoms. The summed E-state index contributed by atoms with van der Waals surface area (Å²) in [6.07, 6.45) is 0.960. The van der Waals surface area contributed by atoms with Crippen LogP contribution in [0.3, 0.4) is 0 Å². The van der Waals surface area contributed by atoms with Crippen LogP contribution in [0, 0.1) is 37.5 Å². The number of aliphatic hydroxyl groups is 1. The summed E-state index contributed by atoms with van der Waals surface area (Å²) in [5.41, 5.74) is 0.928. The van der Waals surface area contributed by atoms with Crippen LogP contribution in [0.15, 0.2) is 42.5 Å². The van der Waals surface area contributed by atoms with Crippen molar-refractivity contribution in [3.05, 3.63) is 53.6 Å². The van der Waals surface area contributed by atoms with E-state index in [9.17, 15) is 19.5 Å². The largest absolute Gasteiger partial charge is 0.494 e. The molecular formula is C34H45N3O6. The molecule has 3 heterocycles. The lowest BCUT2D eigenvalue weighted by atomic mass is 9.62. The second-order valence-corrected chi connectivity index (χ2v) is 13.1. The zero-order chi connectivity index (χ0) is 31.3. The molecule has 2 aromatic carbocycles. The first-order valence-electron chi connectivity index (χ1n) is 15.4. The molecule has 3 N–H and O–H groups in total. The van der Waals surface area contributed by atoms with Gasteiger partial charge < -0.3 is 30.1 Å². The number of hydrogen-bond donors (Lipinski definition) is 3. The van der Waals surface area contributed by atoms with E-state index >= 15 is 0 Å². The molecular weight excluding hydrogens is 546 g/mol. The molecule has 1 spiro atoms. The van der Waals surface area contributed by atoms with Crippen molar-refractivity contribution >= 4 is 29.1 Å². The maximum absolute atomic E-state index is 14.5. The number of nitrogens with one attached hydrogen (secondary N) is 2. The molecule has 3 unspecified atom stereocenters. The Hall–Kier alpha value is -3.43. The first kappa shape index (κ1) is 31.0. The van der Waals surface area contributed by atoms with Gasteiger partial charge in [0.2, 0.25) is 17.7 Å². The summed E-state index contributed by atoms with van der Waals surface area (Å²) in [7, 11) is 0. The Kier molecular flexibility index (Phi) is 8.35. The molecule has 0 aliphatic carbocycles. The fraction of sp³-hybridized carbons (Fsp3) is 0.559. The van der Waals surface area contributed by atoms with Crippen molar-refractivity contribution < 1.29 is 29.0 Å². The highest BCUT2D eigenvalue weighted by Gasteiger charge is 2.80. The fourth-order valence-electron chi connectivity index (χ4n) is 7.81. The third-order valence-electron chi connectivity index (χ3n) is 9.79. The van der Waals surface area contributed by atoms with E-state index in [-0.39, 0.29) is 36.2 Å². The summed E-state index contributed by atoms with van der Waals surface area (Å²) in [6.45, 7) is 14.0. The van der Waals surface area contributed by atoms with E-state index in [0.717, 1.165) is 11.1 Å². The number of aryl methyl sites for hydroxylation is 2. The summed E-state index contributed by atoms with van der Waals surface area (Å²) in [5, 5.41) is 16.7. The van der Waals surface area contributed by atoms with Crippen LogP contribution >= 0.6 is 0 Å². The number of aliphatic hydroxyl groups excluding tert-OH is 1. The number of hydrogen-bond acceptors (Lipinski definition) is 6. The van der Waals surface area contributed by atoms with Crippen LogP contribution in [0.25, 0.3) is 0 Å². The minimum Gasteiger partial charge on any atom is -0.494 e. The van der Waals surface area contributed by atoms with Gasteiger partial charge in [0.1, 0.15) is 17.4 Å². The molecule has 9 heteroatoms. The fourth-order valence-corrected chi connectivity index (χ4v) is 7.81. The number of carbonyl (C=O) groups excluding carboxylic acids is 3. The molecule has 9 nitrogen and oxygen atoms in total. The Labute approximate surface area is 254 Å². The average Bonchev–Trinajstić information content (AvgIpc) is 3.47. The summed E-state index contributed by atoms with van der Waals surface area (Å²) in [4.78, 5) is 44.6. The molecule has 3 aliphatic heterocycles. The smallest absolute Gasteiger partial charge is 0.250 e. The Morgan fingerprint density at radius 2 is 1.74 bits per heavy atom. The van der Waals surface area contributed by atoms with E-state index in [0.29, 0.717) is 36.6 Å². The van der Waals surface area contributed by atoms with Crippen molar-refractivity contribution in [2.75, 3.05) is 23.8 Å². The summed E-state index contributed by atoms with van der Waals surface area (Å²) in [6, 6.07) is 11.3. The Bertz CT molecular complexity index is 1370. The van der Waals surface area contributed by atoms with Crippen molar-refractivity contribution in [1.82, 2.24) is 4.90 Å². The zero-order valence-electron chi connectivity index (χ0n) is 26.3. The molecule has 7 atom stereocenters. The van der Waals surface area contributed by atoms with Gasteiger partial charge in [0.25, 0.3) is 0 Å². The molecule has 3 aliphatic rings. The van der Waals surface area contributed by atoms with E-state index in [1.165, 1.54) is 0 Å². The molecule has 0 aromatic heterocycles. The van der Waals surface area contributed by atoms with Crippen LogP contribution in [0.2, 0.25) is 0 Å². The third-order valence-corrected chi connectivity index (χ3v) is 9.79. The quantitative estimate of drug-likeness (QED) is 0.369. The van der Waals surface area contributed by atoms with Crippen LogP contribution in [-0.4, -0.2) is 64.2 Å². The summed E-state index contributed by atoms with van der Waals surface area (Å²) >= 11 is 0. The lowest BCUT2D eigenvalue weighted by molar-refractivity contribution is -0.148. The third kappa shape index (κ3) is 5.10. The van der Waals surface area contributed by atoms with Crippen molar-refractivity contribution in [3.63, 3.8) is 0 Å². The number of rotatable bonds is 10. The SMILES string of the molecule is CCOc1ccc(NC(=O)[C@H]2[C@H]3C(=O)N([C@@H](CO)CC(C)C)C(C(=O)Nc4c(C)cccc4C)C34CC(C)[C@]2(C)O4)cc1. The highest BCUT2D eigenvalue weighted by atomic mass is 16.5. The lowest BCUT2D eigenvalue weighted by Crippen LogP contribution is -2.56.